The first-order chi connectivity index (χ1) is 14.6. The molecule has 4 rings (SSSR count). The van der Waals surface area contributed by atoms with Gasteiger partial charge in [0.1, 0.15) is 5.75 Å². The summed E-state index contributed by atoms with van der Waals surface area (Å²) in [6.45, 7) is 7.76. The first kappa shape index (κ1) is 20.7. The summed E-state index contributed by atoms with van der Waals surface area (Å²) in [7, 11) is 0. The molecule has 0 saturated heterocycles. The van der Waals surface area contributed by atoms with Crippen LogP contribution in [0.3, 0.4) is 0 Å². The Morgan fingerprint density at radius 3 is 2.27 bits per heavy atom. The fourth-order valence-corrected chi connectivity index (χ4v) is 4.56. The van der Waals surface area contributed by atoms with Crippen LogP contribution in [0.2, 0.25) is 0 Å². The van der Waals surface area contributed by atoms with Crippen molar-refractivity contribution >= 4 is 0 Å². The van der Waals surface area contributed by atoms with Gasteiger partial charge in [-0.3, -0.25) is 0 Å². The third kappa shape index (κ3) is 4.78. The van der Waals surface area contributed by atoms with E-state index in [0.717, 1.165) is 37.0 Å². The molecule has 0 N–H and O–H groups in total. The minimum absolute atomic E-state index is 0.733. The second-order valence-corrected chi connectivity index (χ2v) is 9.26. The number of ether oxygens (including phenoxy) is 1. The molecule has 1 nitrogen and oxygen atoms in total. The SMILES string of the molecule is CC(C)CCCC(C)CCOc1ccc(-c2cccc3c2Cc2ccccc2-3)cc1. The summed E-state index contributed by atoms with van der Waals surface area (Å²) >= 11 is 0. The molecule has 0 amide bonds. The molecule has 0 heterocycles. The van der Waals surface area contributed by atoms with Gasteiger partial charge in [0.05, 0.1) is 6.61 Å². The summed E-state index contributed by atoms with van der Waals surface area (Å²) in [6.07, 6.45) is 6.13. The molecule has 0 radical (unpaired) electrons. The minimum Gasteiger partial charge on any atom is -0.494 e. The van der Waals surface area contributed by atoms with Gasteiger partial charge < -0.3 is 4.74 Å². The van der Waals surface area contributed by atoms with E-state index in [0.29, 0.717) is 0 Å². The maximum absolute atomic E-state index is 6.04. The van der Waals surface area contributed by atoms with Gasteiger partial charge in [0.15, 0.2) is 0 Å². The fourth-order valence-electron chi connectivity index (χ4n) is 4.56. The lowest BCUT2D eigenvalue weighted by molar-refractivity contribution is 0.276. The summed E-state index contributed by atoms with van der Waals surface area (Å²) in [6, 6.07) is 24.1. The number of rotatable bonds is 9. The van der Waals surface area contributed by atoms with E-state index in [4.69, 9.17) is 4.74 Å². The van der Waals surface area contributed by atoms with Gasteiger partial charge in [0.25, 0.3) is 0 Å². The lowest BCUT2D eigenvalue weighted by Gasteiger charge is -2.14. The lowest BCUT2D eigenvalue weighted by Crippen LogP contribution is -2.04. The standard InChI is InChI=1S/C29H34O/c1-21(2)8-6-9-22(3)18-19-30-25-16-14-23(15-17-25)26-12-7-13-28-27-11-5-4-10-24(27)20-29(26)28/h4-5,7,10-17,21-22H,6,8-9,18-20H2,1-3H3. The normalized spacial score (nSPS) is 13.2. The Bertz CT molecular complexity index is 968. The Morgan fingerprint density at radius 2 is 1.47 bits per heavy atom. The van der Waals surface area contributed by atoms with Crippen LogP contribution in [0.4, 0.5) is 0 Å². The molecule has 1 unspecified atom stereocenters. The van der Waals surface area contributed by atoms with E-state index in [9.17, 15) is 0 Å². The molecular weight excluding hydrogens is 364 g/mol. The number of hydrogen-bond donors (Lipinski definition) is 0. The zero-order valence-electron chi connectivity index (χ0n) is 18.7. The van der Waals surface area contributed by atoms with Crippen LogP contribution >= 0.6 is 0 Å². The Balaban J connectivity index is 1.36. The highest BCUT2D eigenvalue weighted by Gasteiger charge is 2.20. The predicted molar refractivity (Wildman–Crippen MR) is 128 cm³/mol. The van der Waals surface area contributed by atoms with Gasteiger partial charge in [-0.05, 0) is 70.2 Å². The highest BCUT2D eigenvalue weighted by molar-refractivity contribution is 5.84. The molecule has 0 spiro atoms. The maximum atomic E-state index is 6.04. The van der Waals surface area contributed by atoms with Crippen LogP contribution < -0.4 is 4.74 Å². The van der Waals surface area contributed by atoms with Crippen molar-refractivity contribution < 1.29 is 4.74 Å². The molecular formula is C29H34O. The smallest absolute Gasteiger partial charge is 0.119 e. The maximum Gasteiger partial charge on any atom is 0.119 e. The summed E-state index contributed by atoms with van der Waals surface area (Å²) in [5.41, 5.74) is 8.26. The molecule has 1 atom stereocenters. The second-order valence-electron chi connectivity index (χ2n) is 9.26. The summed E-state index contributed by atoms with van der Waals surface area (Å²) in [4.78, 5) is 0. The highest BCUT2D eigenvalue weighted by atomic mass is 16.5. The van der Waals surface area contributed by atoms with Crippen LogP contribution in [0, 0.1) is 11.8 Å². The van der Waals surface area contributed by atoms with Gasteiger partial charge in [0.2, 0.25) is 0 Å². The highest BCUT2D eigenvalue weighted by Crippen LogP contribution is 2.41. The number of hydrogen-bond acceptors (Lipinski definition) is 1. The average Bonchev–Trinajstić information content (AvgIpc) is 3.13. The van der Waals surface area contributed by atoms with Crippen LogP contribution in [-0.2, 0) is 6.42 Å². The summed E-state index contributed by atoms with van der Waals surface area (Å²) < 4.78 is 6.04. The van der Waals surface area contributed by atoms with Crippen LogP contribution in [0.25, 0.3) is 22.3 Å². The molecule has 1 heteroatoms. The largest absolute Gasteiger partial charge is 0.494 e. The Morgan fingerprint density at radius 1 is 0.733 bits per heavy atom. The average molecular weight is 399 g/mol. The van der Waals surface area contributed by atoms with E-state index in [-0.39, 0.29) is 0 Å². The van der Waals surface area contributed by atoms with Crippen molar-refractivity contribution in [2.45, 2.75) is 52.9 Å². The molecule has 3 aromatic carbocycles. The monoisotopic (exact) mass is 398 g/mol. The van der Waals surface area contributed by atoms with Crippen LogP contribution in [0.5, 0.6) is 5.75 Å². The fraction of sp³-hybridized carbons (Fsp3) is 0.379. The minimum atomic E-state index is 0.733. The van der Waals surface area contributed by atoms with Crippen molar-refractivity contribution in [3.8, 4) is 28.0 Å². The summed E-state index contributed by atoms with van der Waals surface area (Å²) in [5.74, 6) is 2.52. The van der Waals surface area contributed by atoms with Crippen molar-refractivity contribution in [3.63, 3.8) is 0 Å². The molecule has 0 aliphatic heterocycles. The number of benzene rings is 3. The molecule has 30 heavy (non-hydrogen) atoms. The van der Waals surface area contributed by atoms with E-state index in [2.05, 4.69) is 87.5 Å². The summed E-state index contributed by atoms with van der Waals surface area (Å²) in [5, 5.41) is 0. The molecule has 1 aliphatic carbocycles. The third-order valence-electron chi connectivity index (χ3n) is 6.37. The Labute approximate surface area is 182 Å². The number of fused-ring (bicyclic) bond motifs is 3. The van der Waals surface area contributed by atoms with E-state index < -0.39 is 0 Å². The van der Waals surface area contributed by atoms with Gasteiger partial charge in [-0.15, -0.1) is 0 Å². The van der Waals surface area contributed by atoms with Gasteiger partial charge in [-0.1, -0.05) is 94.6 Å². The van der Waals surface area contributed by atoms with Crippen molar-refractivity contribution in [3.05, 3.63) is 77.9 Å². The Hall–Kier alpha value is -2.54. The second kappa shape index (κ2) is 9.51. The predicted octanol–water partition coefficient (Wildman–Crippen LogP) is 8.16. The molecule has 156 valence electrons. The quantitative estimate of drug-likeness (QED) is 0.276. The molecule has 0 fully saturated rings. The van der Waals surface area contributed by atoms with Crippen LogP contribution in [0.15, 0.2) is 66.7 Å². The van der Waals surface area contributed by atoms with Crippen LogP contribution in [-0.4, -0.2) is 6.61 Å². The molecule has 0 bridgehead atoms. The van der Waals surface area contributed by atoms with Crippen molar-refractivity contribution in [1.29, 1.82) is 0 Å². The third-order valence-corrected chi connectivity index (χ3v) is 6.37. The molecule has 3 aromatic rings. The van der Waals surface area contributed by atoms with Crippen LogP contribution in [0.1, 0.15) is 57.6 Å². The van der Waals surface area contributed by atoms with Gasteiger partial charge >= 0.3 is 0 Å². The molecule has 0 aromatic heterocycles. The van der Waals surface area contributed by atoms with Crippen molar-refractivity contribution in [2.24, 2.45) is 11.8 Å². The zero-order valence-corrected chi connectivity index (χ0v) is 18.7. The lowest BCUT2D eigenvalue weighted by atomic mass is 9.96. The van der Waals surface area contributed by atoms with E-state index >= 15 is 0 Å². The molecule has 1 aliphatic rings. The van der Waals surface area contributed by atoms with Crippen molar-refractivity contribution in [1.82, 2.24) is 0 Å². The van der Waals surface area contributed by atoms with E-state index in [1.54, 1.807) is 0 Å². The topological polar surface area (TPSA) is 9.23 Å². The molecule has 0 saturated carbocycles. The first-order valence-corrected chi connectivity index (χ1v) is 11.5. The van der Waals surface area contributed by atoms with Gasteiger partial charge in [-0.2, -0.15) is 0 Å². The first-order valence-electron chi connectivity index (χ1n) is 11.5. The van der Waals surface area contributed by atoms with E-state index in [1.165, 1.54) is 52.6 Å². The van der Waals surface area contributed by atoms with E-state index in [1.807, 2.05) is 0 Å². The van der Waals surface area contributed by atoms with Gasteiger partial charge in [0, 0.05) is 0 Å². The van der Waals surface area contributed by atoms with Crippen molar-refractivity contribution in [2.75, 3.05) is 6.61 Å². The van der Waals surface area contributed by atoms with Gasteiger partial charge in [-0.25, -0.2) is 0 Å². The Kier molecular flexibility index (Phi) is 6.57. The zero-order chi connectivity index (χ0) is 20.9.